The molecular weight excluding hydrogens is 286 g/mol. The van der Waals surface area contributed by atoms with E-state index >= 15 is 0 Å². The highest BCUT2D eigenvalue weighted by Gasteiger charge is 2.64. The zero-order chi connectivity index (χ0) is 16.1. The number of hydrogen-bond acceptors (Lipinski definition) is 3. The van der Waals surface area contributed by atoms with Crippen LogP contribution in [0.1, 0.15) is 32.4 Å². The molecule has 0 spiro atoms. The van der Waals surface area contributed by atoms with Gasteiger partial charge in [0.1, 0.15) is 11.6 Å². The third-order valence-electron chi connectivity index (χ3n) is 5.36. The Hall–Kier alpha value is -1.84. The molecule has 0 bridgehead atoms. The van der Waals surface area contributed by atoms with Crippen molar-refractivity contribution >= 4 is 5.69 Å². The molecule has 2 aliphatic rings. The Labute approximate surface area is 137 Å². The van der Waals surface area contributed by atoms with Gasteiger partial charge >= 0.3 is 0 Å². The van der Waals surface area contributed by atoms with Crippen molar-refractivity contribution in [2.24, 2.45) is 5.92 Å². The Morgan fingerprint density at radius 2 is 1.52 bits per heavy atom. The van der Waals surface area contributed by atoms with Gasteiger partial charge in [-0.05, 0) is 38.5 Å². The molecule has 3 nitrogen and oxygen atoms in total. The number of hydrogen-bond donors (Lipinski definition) is 0. The Morgan fingerprint density at radius 1 is 0.913 bits per heavy atom. The highest BCUT2D eigenvalue weighted by Crippen LogP contribution is 2.56. The quantitative estimate of drug-likeness (QED) is 0.822. The second-order valence-electron chi connectivity index (χ2n) is 7.23. The van der Waals surface area contributed by atoms with Crippen LogP contribution in [0.4, 0.5) is 5.69 Å². The van der Waals surface area contributed by atoms with Crippen LogP contribution >= 0.6 is 0 Å². The van der Waals surface area contributed by atoms with Crippen LogP contribution in [0.5, 0.6) is 0 Å². The topological polar surface area (TPSA) is 21.7 Å². The molecule has 3 atom stereocenters. The summed E-state index contributed by atoms with van der Waals surface area (Å²) >= 11 is 0. The predicted molar refractivity (Wildman–Crippen MR) is 91.1 cm³/mol. The number of anilines is 1. The Bertz CT molecular complexity index is 685. The molecule has 2 aromatic rings. The fraction of sp³-hybridized carbons (Fsp3) is 0.400. The van der Waals surface area contributed by atoms with Gasteiger partial charge in [0, 0.05) is 5.92 Å². The maximum Gasteiger partial charge on any atom is 0.108 e. The minimum Gasteiger partial charge on any atom is -0.370 e. The van der Waals surface area contributed by atoms with Crippen LogP contribution < -0.4 is 5.06 Å². The zero-order valence-electron chi connectivity index (χ0n) is 13.9. The number of nitrogens with zero attached hydrogens (tertiary/aromatic N) is 1. The maximum atomic E-state index is 6.41. The summed E-state index contributed by atoms with van der Waals surface area (Å²) in [6, 6.07) is 20.8. The predicted octanol–water partition coefficient (Wildman–Crippen LogP) is 4.36. The first-order valence-electron chi connectivity index (χ1n) is 8.24. The molecular formula is C20H23NO2. The number of para-hydroxylation sites is 1. The van der Waals surface area contributed by atoms with Gasteiger partial charge in [0.25, 0.3) is 0 Å². The average Bonchev–Trinajstić information content (AvgIpc) is 3.02. The van der Waals surface area contributed by atoms with E-state index in [4.69, 9.17) is 9.57 Å². The van der Waals surface area contributed by atoms with Gasteiger partial charge in [-0.1, -0.05) is 48.5 Å². The SMILES string of the molecule is CC1(C)ON(c2ccccc2)[C@]2(C)[C@@H](c3ccccc3)OC[C@H]12. The molecule has 120 valence electrons. The monoisotopic (exact) mass is 309 g/mol. The molecule has 0 aromatic heterocycles. The lowest BCUT2D eigenvalue weighted by Gasteiger charge is -2.38. The lowest BCUT2D eigenvalue weighted by atomic mass is 9.74. The molecule has 0 unspecified atom stereocenters. The lowest BCUT2D eigenvalue weighted by Crippen LogP contribution is -2.47. The molecule has 2 heterocycles. The normalized spacial score (nSPS) is 32.0. The Morgan fingerprint density at radius 3 is 2.17 bits per heavy atom. The highest BCUT2D eigenvalue weighted by atomic mass is 16.7. The van der Waals surface area contributed by atoms with Gasteiger partial charge in [-0.2, -0.15) is 0 Å². The molecule has 2 aromatic carbocycles. The third-order valence-corrected chi connectivity index (χ3v) is 5.36. The molecule has 4 rings (SSSR count). The van der Waals surface area contributed by atoms with E-state index in [0.29, 0.717) is 12.5 Å². The van der Waals surface area contributed by atoms with Crippen molar-refractivity contribution in [3.63, 3.8) is 0 Å². The Kier molecular flexibility index (Phi) is 3.26. The fourth-order valence-electron chi connectivity index (χ4n) is 4.22. The fourth-order valence-corrected chi connectivity index (χ4v) is 4.22. The summed E-state index contributed by atoms with van der Waals surface area (Å²) in [7, 11) is 0. The van der Waals surface area contributed by atoms with E-state index in [-0.39, 0.29) is 17.2 Å². The van der Waals surface area contributed by atoms with E-state index in [9.17, 15) is 0 Å². The minimum atomic E-state index is -0.256. The van der Waals surface area contributed by atoms with Crippen molar-refractivity contribution in [1.82, 2.24) is 0 Å². The van der Waals surface area contributed by atoms with Gasteiger partial charge in [-0.3, -0.25) is 4.84 Å². The smallest absolute Gasteiger partial charge is 0.108 e. The largest absolute Gasteiger partial charge is 0.370 e. The van der Waals surface area contributed by atoms with Crippen molar-refractivity contribution in [3.8, 4) is 0 Å². The standard InChI is InChI=1S/C20H23NO2/c1-19(2)17-14-22-18(15-10-6-4-7-11-15)20(17,3)21(23-19)16-12-8-5-9-13-16/h4-13,17-18H,14H2,1-3H3/t17-,18-,20+/m1/s1. The van der Waals surface area contributed by atoms with Gasteiger partial charge in [0.05, 0.1) is 17.9 Å². The van der Waals surface area contributed by atoms with E-state index in [1.54, 1.807) is 0 Å². The van der Waals surface area contributed by atoms with Crippen LogP contribution in [-0.2, 0) is 9.57 Å². The molecule has 2 fully saturated rings. The van der Waals surface area contributed by atoms with Crippen LogP contribution in [0, 0.1) is 5.92 Å². The minimum absolute atomic E-state index is 0.00400. The van der Waals surface area contributed by atoms with E-state index in [1.165, 1.54) is 5.56 Å². The van der Waals surface area contributed by atoms with E-state index in [2.05, 4.69) is 74.4 Å². The van der Waals surface area contributed by atoms with Crippen LogP contribution in [0.25, 0.3) is 0 Å². The van der Waals surface area contributed by atoms with Gasteiger partial charge < -0.3 is 4.74 Å². The first-order valence-corrected chi connectivity index (χ1v) is 8.24. The Balaban J connectivity index is 1.82. The maximum absolute atomic E-state index is 6.41. The summed E-state index contributed by atoms with van der Waals surface area (Å²) in [5.74, 6) is 0.306. The molecule has 0 saturated carbocycles. The molecule has 2 aliphatic heterocycles. The second-order valence-corrected chi connectivity index (χ2v) is 7.23. The summed E-state index contributed by atoms with van der Waals surface area (Å²) in [5.41, 5.74) is 1.80. The van der Waals surface area contributed by atoms with Crippen molar-refractivity contribution in [2.45, 2.75) is 38.0 Å². The lowest BCUT2D eigenvalue weighted by molar-refractivity contribution is -0.0424. The first-order chi connectivity index (χ1) is 11.0. The average molecular weight is 309 g/mol. The van der Waals surface area contributed by atoms with E-state index in [1.807, 2.05) is 12.1 Å². The summed E-state index contributed by atoms with van der Waals surface area (Å²) < 4.78 is 6.27. The number of benzene rings is 2. The van der Waals surface area contributed by atoms with Crippen molar-refractivity contribution in [1.29, 1.82) is 0 Å². The van der Waals surface area contributed by atoms with Gasteiger partial charge in [-0.25, -0.2) is 5.06 Å². The number of fused-ring (bicyclic) bond motifs is 1. The summed E-state index contributed by atoms with van der Waals surface area (Å²) in [4.78, 5) is 6.41. The van der Waals surface area contributed by atoms with Crippen LogP contribution in [0.3, 0.4) is 0 Å². The first kappa shape index (κ1) is 14.7. The number of ether oxygens (including phenoxy) is 1. The van der Waals surface area contributed by atoms with Gasteiger partial charge in [0.15, 0.2) is 0 Å². The zero-order valence-corrected chi connectivity index (χ0v) is 13.9. The van der Waals surface area contributed by atoms with Crippen LogP contribution in [0.15, 0.2) is 60.7 Å². The number of rotatable bonds is 2. The number of hydroxylamine groups is 1. The van der Waals surface area contributed by atoms with Crippen LogP contribution in [0.2, 0.25) is 0 Å². The van der Waals surface area contributed by atoms with Crippen molar-refractivity contribution < 1.29 is 9.57 Å². The summed E-state index contributed by atoms with van der Waals surface area (Å²) in [6.07, 6.45) is -0.00400. The second kappa shape index (κ2) is 5.08. The summed E-state index contributed by atoms with van der Waals surface area (Å²) in [6.45, 7) is 7.31. The van der Waals surface area contributed by atoms with Crippen LogP contribution in [-0.4, -0.2) is 17.7 Å². The molecule has 23 heavy (non-hydrogen) atoms. The molecule has 3 heteroatoms. The van der Waals surface area contributed by atoms with E-state index < -0.39 is 0 Å². The molecule has 0 radical (unpaired) electrons. The van der Waals surface area contributed by atoms with Gasteiger partial charge in [-0.15, -0.1) is 0 Å². The van der Waals surface area contributed by atoms with E-state index in [0.717, 1.165) is 5.69 Å². The highest BCUT2D eigenvalue weighted by molar-refractivity contribution is 5.50. The van der Waals surface area contributed by atoms with Gasteiger partial charge in [0.2, 0.25) is 0 Å². The molecule has 2 saturated heterocycles. The molecule has 0 amide bonds. The van der Waals surface area contributed by atoms with Crippen molar-refractivity contribution in [3.05, 3.63) is 66.2 Å². The molecule has 0 N–H and O–H groups in total. The van der Waals surface area contributed by atoms with Crippen molar-refractivity contribution in [2.75, 3.05) is 11.7 Å². The third kappa shape index (κ3) is 2.11. The molecule has 0 aliphatic carbocycles. The summed E-state index contributed by atoms with van der Waals surface area (Å²) in [5, 5.41) is 2.09.